The van der Waals surface area contributed by atoms with Crippen molar-refractivity contribution in [3.05, 3.63) is 29.8 Å². The lowest BCUT2D eigenvalue weighted by Crippen LogP contribution is -2.56. The summed E-state index contributed by atoms with van der Waals surface area (Å²) in [4.78, 5) is 89.7. The molecule has 12 atom stereocenters. The average molecular weight is 972 g/mol. The van der Waals surface area contributed by atoms with E-state index in [9.17, 15) is 37.5 Å². The maximum absolute atomic E-state index is 13.5. The van der Waals surface area contributed by atoms with Crippen LogP contribution in [0.5, 0.6) is 0 Å². The number of amides is 6. The lowest BCUT2D eigenvalue weighted by molar-refractivity contribution is -0.138. The first-order valence-corrected chi connectivity index (χ1v) is 24.4. The molecule has 1 aromatic rings. The van der Waals surface area contributed by atoms with Crippen LogP contribution >= 0.6 is 0 Å². The molecular weight excluding hydrogens is 909 g/mol. The van der Waals surface area contributed by atoms with E-state index in [1.807, 2.05) is 28.8 Å². The van der Waals surface area contributed by atoms with Crippen LogP contribution < -0.4 is 22.1 Å². The van der Waals surface area contributed by atoms with E-state index in [0.717, 1.165) is 76.2 Å². The number of likely N-dealkylation sites (N-methyl/N-ethyl adjacent to an activating group) is 2. The fourth-order valence-electron chi connectivity index (χ4n) is 12.1. The van der Waals surface area contributed by atoms with E-state index in [-0.39, 0.29) is 90.0 Å². The molecule has 9 fully saturated rings. The quantitative estimate of drug-likeness (QED) is 0.231. The van der Waals surface area contributed by atoms with Crippen LogP contribution in [0.15, 0.2) is 18.2 Å². The molecule has 9 aliphatic rings. The van der Waals surface area contributed by atoms with Gasteiger partial charge in [-0.2, -0.15) is 15.8 Å². The van der Waals surface area contributed by atoms with Crippen molar-refractivity contribution in [3.8, 4) is 18.2 Å². The van der Waals surface area contributed by atoms with Crippen molar-refractivity contribution in [2.45, 2.75) is 130 Å². The van der Waals surface area contributed by atoms with Gasteiger partial charge in [0.15, 0.2) is 0 Å². The van der Waals surface area contributed by atoms with Crippen LogP contribution in [0.4, 0.5) is 14.5 Å². The topological polar surface area (TPSA) is 281 Å². The molecule has 9 heterocycles. The van der Waals surface area contributed by atoms with Gasteiger partial charge in [0.25, 0.3) is 0 Å². The molecule has 10 rings (SSSR count). The SMILES string of the molecule is CN1C(=O)[C@@H]2CC1CN2C[C@H](N)C(=O)N1CCC[C@H]1C#N.CN1C(=O)[C@@H]2CC1CN2C[C@H](N)C(=O)N1CCC[C@H]1C#N.N#C[C@@H]1CCCN1C(=O)[C@@H](N)CN1CC2C[C@H]1C(=O)N2c1cc(F)cc(F)c1. The van der Waals surface area contributed by atoms with Gasteiger partial charge in [-0.1, -0.05) is 0 Å². The number of piperazine rings is 3. The Balaban J connectivity index is 0.000000143. The minimum atomic E-state index is -0.818. The number of nitrogens with zero attached hydrogens (tertiary/aromatic N) is 12. The lowest BCUT2D eigenvalue weighted by atomic mass is 10.1. The van der Waals surface area contributed by atoms with Crippen molar-refractivity contribution >= 4 is 41.1 Å². The van der Waals surface area contributed by atoms with Crippen LogP contribution in [0.25, 0.3) is 0 Å². The Morgan fingerprint density at radius 3 is 1.21 bits per heavy atom. The fraction of sp³-hybridized carbons (Fsp3) is 0.681. The smallest absolute Gasteiger partial charge is 0.244 e. The predicted octanol–water partition coefficient (Wildman–Crippen LogP) is -1.92. The molecule has 6 N–H and O–H groups in total. The number of carbonyl (C=O) groups excluding carboxylic acids is 6. The van der Waals surface area contributed by atoms with Crippen molar-refractivity contribution in [1.29, 1.82) is 15.8 Å². The van der Waals surface area contributed by atoms with E-state index in [4.69, 9.17) is 33.0 Å². The normalized spacial score (nSPS) is 31.4. The van der Waals surface area contributed by atoms with Crippen LogP contribution in [0.2, 0.25) is 0 Å². The molecule has 1 aromatic carbocycles. The predicted molar refractivity (Wildman–Crippen MR) is 246 cm³/mol. The number of nitrogens with two attached hydrogens (primary N) is 3. The number of rotatable bonds is 10. The summed E-state index contributed by atoms with van der Waals surface area (Å²) in [5, 5.41) is 27.3. The Morgan fingerprint density at radius 2 is 0.900 bits per heavy atom. The summed E-state index contributed by atoms with van der Waals surface area (Å²) in [6, 6.07) is 5.86. The number of benzene rings is 1. The number of nitriles is 3. The van der Waals surface area contributed by atoms with Crippen LogP contribution in [0.3, 0.4) is 0 Å². The fourth-order valence-corrected chi connectivity index (χ4v) is 12.1. The lowest BCUT2D eigenvalue weighted by Gasteiger charge is -2.35. The van der Waals surface area contributed by atoms with E-state index in [0.29, 0.717) is 52.1 Å². The van der Waals surface area contributed by atoms with Crippen LogP contribution in [-0.4, -0.2) is 220 Å². The summed E-state index contributed by atoms with van der Waals surface area (Å²) in [5.74, 6) is -2.05. The molecule has 376 valence electrons. The van der Waals surface area contributed by atoms with Gasteiger partial charge in [-0.05, 0) is 69.9 Å². The van der Waals surface area contributed by atoms with E-state index in [2.05, 4.69) is 18.2 Å². The summed E-state index contributed by atoms with van der Waals surface area (Å²) in [5.41, 5.74) is 18.4. The van der Waals surface area contributed by atoms with Gasteiger partial charge in [0.05, 0.1) is 60.5 Å². The highest BCUT2D eigenvalue weighted by Crippen LogP contribution is 2.37. The standard InChI is InChI=1S/C19H21F2N5O2.2C14H21N5O2/c20-11-4-12(21)6-14(5-11)26-15-7-17(19(26)28)24(9-15)10-16(23)18(27)25-3-1-2-13(25)8-22;2*1-17-10-5-12(14(17)21)18(7-10)8-11(16)13(20)19-4-2-3-9(19)6-15/h4-6,13,15-17H,1-3,7,9-10,23H2;2*9-12H,2-5,7-8,16H2,1H3/t13-,15?,16-,17-;2*9-,10?,11-,12-/m000/s1. The molecule has 23 heteroatoms. The molecule has 3 unspecified atom stereocenters. The number of likely N-dealkylation sites (tertiary alicyclic amines) is 8. The molecule has 9 saturated heterocycles. The molecule has 0 aromatic heterocycles. The van der Waals surface area contributed by atoms with Crippen molar-refractivity contribution in [3.63, 3.8) is 0 Å². The van der Waals surface area contributed by atoms with Gasteiger partial charge in [0.2, 0.25) is 35.4 Å². The molecule has 0 spiro atoms. The Hall–Kier alpha value is -5.87. The summed E-state index contributed by atoms with van der Waals surface area (Å²) in [7, 11) is 3.66. The number of hydrogen-bond acceptors (Lipinski definition) is 15. The van der Waals surface area contributed by atoms with Gasteiger partial charge in [-0.25, -0.2) is 8.78 Å². The monoisotopic (exact) mass is 972 g/mol. The zero-order chi connectivity index (χ0) is 50.3. The Morgan fingerprint density at radius 1 is 0.571 bits per heavy atom. The first-order valence-electron chi connectivity index (χ1n) is 24.4. The van der Waals surface area contributed by atoms with Crippen LogP contribution in [-0.2, 0) is 28.8 Å². The zero-order valence-corrected chi connectivity index (χ0v) is 39.7. The number of fused-ring (bicyclic) bond motifs is 6. The minimum absolute atomic E-state index is 0.121. The second-order valence-corrected chi connectivity index (χ2v) is 20.1. The number of anilines is 1. The third-order valence-electron chi connectivity index (χ3n) is 15.8. The second-order valence-electron chi connectivity index (χ2n) is 20.1. The van der Waals surface area contributed by atoms with Gasteiger partial charge in [0, 0.05) is 96.8 Å². The number of carbonyl (C=O) groups is 6. The maximum Gasteiger partial charge on any atom is 0.244 e. The third-order valence-corrected chi connectivity index (χ3v) is 15.8. The highest BCUT2D eigenvalue weighted by Gasteiger charge is 2.52. The maximum atomic E-state index is 13.5. The van der Waals surface area contributed by atoms with E-state index in [1.54, 1.807) is 19.6 Å². The van der Waals surface area contributed by atoms with Crippen LogP contribution in [0, 0.1) is 45.6 Å². The van der Waals surface area contributed by atoms with Crippen LogP contribution in [0.1, 0.15) is 57.8 Å². The molecule has 70 heavy (non-hydrogen) atoms. The molecule has 0 aliphatic carbocycles. The van der Waals surface area contributed by atoms with Gasteiger partial charge in [-0.15, -0.1) is 0 Å². The molecule has 0 saturated carbocycles. The Kier molecular flexibility index (Phi) is 15.0. The van der Waals surface area contributed by atoms with Gasteiger partial charge >= 0.3 is 0 Å². The summed E-state index contributed by atoms with van der Waals surface area (Å²) in [6.45, 7) is 4.81. The highest BCUT2D eigenvalue weighted by atomic mass is 19.1. The zero-order valence-electron chi connectivity index (χ0n) is 39.7. The first kappa shape index (κ1) is 50.5. The largest absolute Gasteiger partial charge is 0.340 e. The minimum Gasteiger partial charge on any atom is -0.340 e. The molecule has 6 bridgehead atoms. The second kappa shape index (κ2) is 20.8. The molecule has 0 radical (unpaired) electrons. The summed E-state index contributed by atoms with van der Waals surface area (Å²) < 4.78 is 27.1. The summed E-state index contributed by atoms with van der Waals surface area (Å²) >= 11 is 0. The van der Waals surface area contributed by atoms with E-state index < -0.39 is 41.8 Å². The van der Waals surface area contributed by atoms with E-state index in [1.165, 1.54) is 9.80 Å². The van der Waals surface area contributed by atoms with Crippen molar-refractivity contribution in [2.24, 2.45) is 17.2 Å². The molecule has 6 amide bonds. The Labute approximate surface area is 406 Å². The number of hydrogen-bond donors (Lipinski definition) is 3. The van der Waals surface area contributed by atoms with Crippen molar-refractivity contribution in [2.75, 3.05) is 77.9 Å². The van der Waals surface area contributed by atoms with E-state index >= 15 is 0 Å². The molecule has 9 aliphatic heterocycles. The first-order chi connectivity index (χ1) is 33.4. The van der Waals surface area contributed by atoms with Gasteiger partial charge < -0.3 is 46.6 Å². The Bertz CT molecular complexity index is 2250. The molecular formula is C47H63F2N15O6. The molecule has 21 nitrogen and oxygen atoms in total. The summed E-state index contributed by atoms with van der Waals surface area (Å²) in [6.07, 6.45) is 6.80. The highest BCUT2D eigenvalue weighted by molar-refractivity contribution is 6.01. The van der Waals surface area contributed by atoms with Gasteiger partial charge in [-0.3, -0.25) is 43.5 Å². The average Bonchev–Trinajstić information content (AvgIpc) is 4.21. The van der Waals surface area contributed by atoms with Gasteiger partial charge in [0.1, 0.15) is 29.8 Å². The third kappa shape index (κ3) is 9.77. The van der Waals surface area contributed by atoms with Crippen molar-refractivity contribution < 1.29 is 37.5 Å². The van der Waals surface area contributed by atoms with Crippen molar-refractivity contribution in [1.82, 2.24) is 39.2 Å². The number of halogens is 2.